The van der Waals surface area contributed by atoms with E-state index >= 15 is 0 Å². The number of hydrogen-bond donors (Lipinski definition) is 0. The normalized spacial score (nSPS) is 12.4. The topological polar surface area (TPSA) is 25.2 Å². The van der Waals surface area contributed by atoms with Gasteiger partial charge in [-0.2, -0.15) is 0 Å². The second-order valence-electron chi connectivity index (χ2n) is 14.8. The summed E-state index contributed by atoms with van der Waals surface area (Å²) in [4.78, 5) is 10.0. The van der Waals surface area contributed by atoms with E-state index in [1.54, 1.807) is 0 Å². The monoisotopic (exact) mass is 742 g/mol. The maximum atomic E-state index is 5.37. The summed E-state index contributed by atoms with van der Waals surface area (Å²) in [6, 6.07) is 60.7. The Balaban J connectivity index is 1.17. The quantitative estimate of drug-likeness (QED) is 0.0864. The van der Waals surface area contributed by atoms with Gasteiger partial charge in [0.2, 0.25) is 0 Å². The van der Waals surface area contributed by atoms with Crippen molar-refractivity contribution < 1.29 is 0 Å². The molecule has 9 rings (SSSR count). The molecule has 0 aliphatic heterocycles. The highest BCUT2D eigenvalue weighted by molar-refractivity contribution is 6.11. The fraction of sp³-hybridized carbons (Fsp3) is 0.0357. The van der Waals surface area contributed by atoms with E-state index in [9.17, 15) is 0 Å². The number of hydrogen-bond acceptors (Lipinski definition) is 2. The van der Waals surface area contributed by atoms with Crippen molar-refractivity contribution in [1.29, 1.82) is 0 Å². The third-order valence-electron chi connectivity index (χ3n) is 11.1. The van der Waals surface area contributed by atoms with E-state index in [0.29, 0.717) is 0 Å². The molecule has 0 spiro atoms. The van der Waals surface area contributed by atoms with E-state index in [0.717, 1.165) is 71.7 Å². The van der Waals surface area contributed by atoms with Crippen LogP contribution in [0.2, 0.25) is 0 Å². The van der Waals surface area contributed by atoms with E-state index in [4.69, 9.17) is 4.99 Å². The molecule has 0 bridgehead atoms. The Morgan fingerprint density at radius 2 is 1.26 bits per heavy atom. The van der Waals surface area contributed by atoms with Crippen LogP contribution < -0.4 is 10.4 Å². The molecule has 0 amide bonds. The summed E-state index contributed by atoms with van der Waals surface area (Å²) in [6.45, 7) is 12.6. The molecule has 0 N–H and O–H groups in total. The first-order valence-electron chi connectivity index (χ1n) is 19.7. The minimum absolute atomic E-state index is 0.893. The lowest BCUT2D eigenvalue weighted by Crippen LogP contribution is -2.25. The number of allylic oxidation sites excluding steroid dienone is 2. The Morgan fingerprint density at radius 1 is 0.569 bits per heavy atom. The highest BCUT2D eigenvalue weighted by Gasteiger charge is 2.14. The maximum absolute atomic E-state index is 5.37. The number of pyridine rings is 1. The summed E-state index contributed by atoms with van der Waals surface area (Å²) < 4.78 is 0. The van der Waals surface area contributed by atoms with Gasteiger partial charge in [0, 0.05) is 28.1 Å². The predicted molar refractivity (Wildman–Crippen MR) is 249 cm³/mol. The molecule has 0 aliphatic carbocycles. The van der Waals surface area contributed by atoms with Gasteiger partial charge in [-0.15, -0.1) is 0 Å². The lowest BCUT2D eigenvalue weighted by molar-refractivity contribution is 1.39. The molecule has 0 aliphatic rings. The van der Waals surface area contributed by atoms with Gasteiger partial charge in [-0.05, 0) is 127 Å². The molecule has 0 fully saturated rings. The number of nitrogens with zero attached hydrogens (tertiary/aromatic N) is 2. The number of aliphatic imine (C=N–C) groups is 1. The molecule has 0 unspecified atom stereocenters. The Morgan fingerprint density at radius 3 is 2.10 bits per heavy atom. The van der Waals surface area contributed by atoms with Gasteiger partial charge >= 0.3 is 0 Å². The molecule has 0 radical (unpaired) electrons. The second kappa shape index (κ2) is 15.6. The molecule has 1 aromatic heterocycles. The van der Waals surface area contributed by atoms with Crippen LogP contribution in [0.1, 0.15) is 29.2 Å². The summed E-state index contributed by atoms with van der Waals surface area (Å²) >= 11 is 0. The molecule has 0 atom stereocenters. The molecule has 9 aromatic rings. The van der Waals surface area contributed by atoms with Gasteiger partial charge in [0.15, 0.2) is 0 Å². The van der Waals surface area contributed by atoms with Crippen LogP contribution in [0.15, 0.2) is 200 Å². The molecule has 0 saturated heterocycles. The Bertz CT molecular complexity index is 3210. The summed E-state index contributed by atoms with van der Waals surface area (Å²) in [6.07, 6.45) is 7.85. The minimum Gasteiger partial charge on any atom is -0.256 e. The van der Waals surface area contributed by atoms with Gasteiger partial charge in [-0.1, -0.05) is 165 Å². The van der Waals surface area contributed by atoms with Crippen LogP contribution in [-0.2, 0) is 0 Å². The first-order chi connectivity index (χ1) is 28.4. The first kappa shape index (κ1) is 36.2. The summed E-state index contributed by atoms with van der Waals surface area (Å²) in [7, 11) is 0. The zero-order chi connectivity index (χ0) is 39.6. The van der Waals surface area contributed by atoms with Crippen LogP contribution in [0, 0.1) is 6.92 Å². The molecule has 1 heterocycles. The van der Waals surface area contributed by atoms with Gasteiger partial charge in [-0.25, -0.2) is 0 Å². The average molecular weight is 743 g/mol. The van der Waals surface area contributed by atoms with E-state index in [2.05, 4.69) is 196 Å². The Labute approximate surface area is 339 Å². The van der Waals surface area contributed by atoms with Gasteiger partial charge in [-0.3, -0.25) is 9.98 Å². The van der Waals surface area contributed by atoms with E-state index in [-0.39, 0.29) is 0 Å². The fourth-order valence-corrected chi connectivity index (χ4v) is 8.10. The van der Waals surface area contributed by atoms with Crippen molar-refractivity contribution in [2.75, 3.05) is 0 Å². The van der Waals surface area contributed by atoms with Crippen molar-refractivity contribution in [1.82, 2.24) is 4.98 Å². The smallest absolute Gasteiger partial charge is 0.0783 e. The van der Waals surface area contributed by atoms with Gasteiger partial charge < -0.3 is 0 Å². The summed E-state index contributed by atoms with van der Waals surface area (Å²) in [5.74, 6) is 0. The lowest BCUT2D eigenvalue weighted by Gasteiger charge is -2.16. The Hall–Kier alpha value is -7.42. The molecule has 2 nitrogen and oxygen atoms in total. The first-order valence-corrected chi connectivity index (χ1v) is 19.7. The van der Waals surface area contributed by atoms with Crippen molar-refractivity contribution >= 4 is 56.5 Å². The van der Waals surface area contributed by atoms with Crippen molar-refractivity contribution in [2.24, 2.45) is 4.99 Å². The number of aromatic nitrogens is 1. The van der Waals surface area contributed by atoms with Crippen LogP contribution in [0.25, 0.3) is 84.2 Å². The van der Waals surface area contributed by atoms with Crippen molar-refractivity contribution in [3.63, 3.8) is 0 Å². The van der Waals surface area contributed by atoms with E-state index in [1.165, 1.54) is 38.2 Å². The molecule has 0 saturated carbocycles. The molecule has 2 heteroatoms. The van der Waals surface area contributed by atoms with Crippen LogP contribution in [0.5, 0.6) is 0 Å². The lowest BCUT2D eigenvalue weighted by atomic mass is 9.89. The van der Waals surface area contributed by atoms with Gasteiger partial charge in [0.1, 0.15) is 0 Å². The van der Waals surface area contributed by atoms with Crippen molar-refractivity contribution in [3.05, 3.63) is 227 Å². The van der Waals surface area contributed by atoms with E-state index < -0.39 is 0 Å². The SMILES string of the molecule is C=C/C=C\c1c(C)cccc1-c1cc(-c2ccc(/C(N=C(C)c3ccc4c(ccc5ccccc54)c3)=c3\ccccc3=C)cc2)cc(-c2cccc3ncccc23)c1. The number of benzene rings is 8. The van der Waals surface area contributed by atoms with Crippen LogP contribution in [0.4, 0.5) is 0 Å². The third-order valence-corrected chi connectivity index (χ3v) is 11.1. The van der Waals surface area contributed by atoms with Crippen LogP contribution >= 0.6 is 0 Å². The predicted octanol–water partition coefficient (Wildman–Crippen LogP) is 13.1. The van der Waals surface area contributed by atoms with E-state index in [1.807, 2.05) is 30.5 Å². The number of rotatable bonds is 8. The molecular weight excluding hydrogens is 701 g/mol. The average Bonchev–Trinajstić information content (AvgIpc) is 3.27. The molecule has 8 aromatic carbocycles. The van der Waals surface area contributed by atoms with Crippen molar-refractivity contribution in [3.8, 4) is 33.4 Å². The zero-order valence-electron chi connectivity index (χ0n) is 32.8. The van der Waals surface area contributed by atoms with Crippen LogP contribution in [0.3, 0.4) is 0 Å². The van der Waals surface area contributed by atoms with Gasteiger partial charge in [0.05, 0.1) is 11.2 Å². The highest BCUT2D eigenvalue weighted by Crippen LogP contribution is 2.38. The zero-order valence-corrected chi connectivity index (χ0v) is 32.8. The molecule has 58 heavy (non-hydrogen) atoms. The second-order valence-corrected chi connectivity index (χ2v) is 14.8. The largest absolute Gasteiger partial charge is 0.256 e. The maximum Gasteiger partial charge on any atom is 0.0783 e. The summed E-state index contributed by atoms with van der Waals surface area (Å²) in [5, 5.41) is 8.01. The molecule has 276 valence electrons. The van der Waals surface area contributed by atoms with Crippen molar-refractivity contribution in [2.45, 2.75) is 13.8 Å². The number of aryl methyl sites for hydroxylation is 1. The minimum atomic E-state index is 0.893. The standard InChI is InChI=1S/C56H42N2/c1-5-6-17-48-37(2)15-11-20-51(48)46-34-45(35-47(36-46)52-21-12-23-55-54(52)22-13-32-57-55)40-24-27-42(28-25-40)56(49-18-9-7-14-38(49)3)58-39(4)43-30-31-53-44(33-43)29-26-41-16-8-10-19-50(41)53/h5-36H,1,3H2,2,4H3/b17-6-,56-49-,58-39?. The highest BCUT2D eigenvalue weighted by atomic mass is 14.8. The number of fused-ring (bicyclic) bond motifs is 4. The van der Waals surface area contributed by atoms with Gasteiger partial charge in [0.25, 0.3) is 0 Å². The Kier molecular flexibility index (Phi) is 9.75. The summed E-state index contributed by atoms with van der Waals surface area (Å²) in [5.41, 5.74) is 14.2. The fourth-order valence-electron chi connectivity index (χ4n) is 8.10. The molecular formula is C56H42N2. The third kappa shape index (κ3) is 6.97. The van der Waals surface area contributed by atoms with Crippen LogP contribution in [-0.4, -0.2) is 10.7 Å².